The van der Waals surface area contributed by atoms with Crippen LogP contribution >= 0.6 is 0 Å². The van der Waals surface area contributed by atoms with Gasteiger partial charge in [-0.15, -0.1) is 0 Å². The van der Waals surface area contributed by atoms with Gasteiger partial charge in [0.1, 0.15) is 0 Å². The molecule has 0 amide bonds. The third kappa shape index (κ3) is 3.00. The lowest BCUT2D eigenvalue weighted by Crippen LogP contribution is -2.70. The molecule has 0 radical (unpaired) electrons. The van der Waals surface area contributed by atoms with Crippen molar-refractivity contribution in [3.05, 3.63) is 0 Å². The van der Waals surface area contributed by atoms with E-state index in [1.165, 1.54) is 51.4 Å². The molecule has 0 aromatic carbocycles. The van der Waals surface area contributed by atoms with Gasteiger partial charge in [0, 0.05) is 18.3 Å². The fourth-order valence-corrected chi connectivity index (χ4v) is 10.1. The number of fused-ring (bicyclic) bond motifs is 2. The monoisotopic (exact) mass is 446 g/mol. The molecule has 5 nitrogen and oxygen atoms in total. The molecule has 8 atom stereocenters. The maximum atomic E-state index is 6.63. The smallest absolute Gasteiger partial charge is 0.201 e. The molecular weight excluding hydrogens is 404 g/mol. The summed E-state index contributed by atoms with van der Waals surface area (Å²) in [6, 6.07) is 0. The average molecular weight is 447 g/mol. The van der Waals surface area contributed by atoms with E-state index in [1.807, 2.05) is 6.92 Å². The summed E-state index contributed by atoms with van der Waals surface area (Å²) in [5.74, 6) is 3.96. The summed E-state index contributed by atoms with van der Waals surface area (Å²) >= 11 is 0. The van der Waals surface area contributed by atoms with Gasteiger partial charge in [0.15, 0.2) is 18.2 Å². The minimum Gasteiger partial charge on any atom is -0.352 e. The zero-order chi connectivity index (χ0) is 21.7. The molecule has 5 heteroatoms. The largest absolute Gasteiger partial charge is 0.352 e. The van der Waals surface area contributed by atoms with E-state index >= 15 is 0 Å². The number of rotatable bonds is 4. The molecule has 9 rings (SSSR count). The van der Waals surface area contributed by atoms with Crippen LogP contribution in [0.4, 0.5) is 0 Å². The quantitative estimate of drug-likeness (QED) is 0.509. The highest BCUT2D eigenvalue weighted by Crippen LogP contribution is 2.62. The zero-order valence-electron chi connectivity index (χ0n) is 20.2. The molecule has 6 bridgehead atoms. The van der Waals surface area contributed by atoms with Crippen molar-refractivity contribution in [1.82, 2.24) is 0 Å². The predicted molar refractivity (Wildman–Crippen MR) is 118 cm³/mol. The van der Waals surface area contributed by atoms with Gasteiger partial charge in [-0.1, -0.05) is 13.8 Å². The van der Waals surface area contributed by atoms with Crippen LogP contribution in [0.3, 0.4) is 0 Å². The van der Waals surface area contributed by atoms with Gasteiger partial charge < -0.3 is 14.2 Å². The van der Waals surface area contributed by atoms with Crippen molar-refractivity contribution < 1.29 is 24.0 Å². The molecule has 0 aromatic rings. The first kappa shape index (κ1) is 21.1. The van der Waals surface area contributed by atoms with Crippen molar-refractivity contribution in [2.24, 2.45) is 46.8 Å². The molecule has 0 unspecified atom stereocenters. The van der Waals surface area contributed by atoms with Crippen LogP contribution in [0.2, 0.25) is 0 Å². The average Bonchev–Trinajstić information content (AvgIpc) is 2.96. The molecule has 0 aromatic heterocycles. The summed E-state index contributed by atoms with van der Waals surface area (Å²) in [6.07, 6.45) is 13.8. The Morgan fingerprint density at radius 2 is 1.59 bits per heavy atom. The Kier molecular flexibility index (Phi) is 4.72. The van der Waals surface area contributed by atoms with Gasteiger partial charge >= 0.3 is 0 Å². The fourth-order valence-electron chi connectivity index (χ4n) is 10.1. The maximum Gasteiger partial charge on any atom is 0.201 e. The van der Waals surface area contributed by atoms with Crippen LogP contribution in [0.15, 0.2) is 0 Å². The topological polar surface area (TPSA) is 46.2 Å². The zero-order valence-corrected chi connectivity index (χ0v) is 20.2. The summed E-state index contributed by atoms with van der Waals surface area (Å²) in [6.45, 7) is 7.50. The van der Waals surface area contributed by atoms with E-state index in [9.17, 15) is 0 Å². The Labute approximate surface area is 193 Å². The van der Waals surface area contributed by atoms with E-state index in [0.29, 0.717) is 23.2 Å². The lowest BCUT2D eigenvalue weighted by Gasteiger charge is -2.60. The maximum absolute atomic E-state index is 6.63. The van der Waals surface area contributed by atoms with Crippen molar-refractivity contribution in [2.45, 2.75) is 115 Å². The normalized spacial score (nSPS) is 60.3. The molecule has 180 valence electrons. The second-order valence-electron chi connectivity index (χ2n) is 13.3. The SMILES string of the molecule is C[C@H]1[C@@H](OCCC23CC4CC(CC(C4)C2)C3)O[C@@H]2O[C@@]3(C)CC[C@H]4[C@H](C)CC[C@@H]1[C@@]24OO3. The fraction of sp³-hybridized carbons (Fsp3) is 1.00. The molecule has 9 aliphatic rings. The van der Waals surface area contributed by atoms with Crippen LogP contribution in [0.25, 0.3) is 0 Å². The van der Waals surface area contributed by atoms with Gasteiger partial charge in [-0.25, -0.2) is 9.78 Å². The highest BCUT2D eigenvalue weighted by atomic mass is 17.3. The summed E-state index contributed by atoms with van der Waals surface area (Å²) in [5, 5.41) is 0. The second-order valence-corrected chi connectivity index (χ2v) is 13.3. The van der Waals surface area contributed by atoms with Crippen molar-refractivity contribution in [3.63, 3.8) is 0 Å². The van der Waals surface area contributed by atoms with Crippen LogP contribution in [0.1, 0.15) is 91.4 Å². The molecular formula is C27H42O5. The van der Waals surface area contributed by atoms with Crippen LogP contribution in [0.5, 0.6) is 0 Å². The Balaban J connectivity index is 1.08. The molecule has 0 N–H and O–H groups in total. The van der Waals surface area contributed by atoms with E-state index in [2.05, 4.69) is 13.8 Å². The van der Waals surface area contributed by atoms with Gasteiger partial charge in [-0.3, -0.25) is 0 Å². The van der Waals surface area contributed by atoms with Crippen LogP contribution in [-0.2, 0) is 24.0 Å². The third-order valence-electron chi connectivity index (χ3n) is 11.2. The van der Waals surface area contributed by atoms with Gasteiger partial charge in [0.05, 0.1) is 6.61 Å². The first-order valence-electron chi connectivity index (χ1n) is 13.7. The van der Waals surface area contributed by atoms with E-state index in [-0.39, 0.29) is 18.5 Å². The van der Waals surface area contributed by atoms with E-state index in [1.54, 1.807) is 0 Å². The van der Waals surface area contributed by atoms with E-state index in [0.717, 1.165) is 43.6 Å². The molecule has 4 aliphatic heterocycles. The Morgan fingerprint density at radius 1 is 0.875 bits per heavy atom. The number of ether oxygens (including phenoxy) is 3. The molecule has 4 heterocycles. The van der Waals surface area contributed by atoms with Crippen LogP contribution in [0, 0.1) is 46.8 Å². The Hall–Kier alpha value is -0.200. The van der Waals surface area contributed by atoms with Crippen molar-refractivity contribution in [1.29, 1.82) is 0 Å². The summed E-state index contributed by atoms with van der Waals surface area (Å²) in [4.78, 5) is 12.2. The number of hydrogen-bond donors (Lipinski definition) is 0. The standard InChI is InChI=1S/C27H42O5/c1-16-4-5-22-17(2)23(29-24-27(22)21(16)6-7-25(3,30-24)31-32-27)28-9-8-26-13-18-10-19(14-26)12-20(11-18)15-26/h16-24H,4-15H2,1-3H3/t16-,17-,18?,19?,20?,21+,22+,23+,24-,25-,26?,27-/m1/s1. The third-order valence-corrected chi connectivity index (χ3v) is 11.2. The lowest BCUT2D eigenvalue weighted by molar-refractivity contribution is -0.577. The van der Waals surface area contributed by atoms with Gasteiger partial charge in [0.2, 0.25) is 5.79 Å². The first-order chi connectivity index (χ1) is 15.4. The van der Waals surface area contributed by atoms with Crippen molar-refractivity contribution in [2.75, 3.05) is 6.61 Å². The highest BCUT2D eigenvalue weighted by molar-refractivity contribution is 5.09. The Morgan fingerprint density at radius 3 is 2.31 bits per heavy atom. The Bertz CT molecular complexity index is 719. The molecule has 4 saturated heterocycles. The second kappa shape index (κ2) is 7.16. The molecule has 32 heavy (non-hydrogen) atoms. The molecule has 5 aliphatic carbocycles. The summed E-state index contributed by atoms with van der Waals surface area (Å²) < 4.78 is 19.7. The molecule has 1 spiro atoms. The highest BCUT2D eigenvalue weighted by Gasteiger charge is 2.69. The minimum atomic E-state index is -0.706. The van der Waals surface area contributed by atoms with Crippen molar-refractivity contribution >= 4 is 0 Å². The lowest BCUT2D eigenvalue weighted by atomic mass is 9.49. The van der Waals surface area contributed by atoms with Gasteiger partial charge in [-0.05, 0) is 106 Å². The predicted octanol–water partition coefficient (Wildman–Crippen LogP) is 5.82. The van der Waals surface area contributed by atoms with Gasteiger partial charge in [0.25, 0.3) is 0 Å². The summed E-state index contributed by atoms with van der Waals surface area (Å²) in [7, 11) is 0. The first-order valence-corrected chi connectivity index (χ1v) is 13.7. The van der Waals surface area contributed by atoms with Crippen LogP contribution in [-0.4, -0.2) is 30.6 Å². The van der Waals surface area contributed by atoms with E-state index < -0.39 is 11.4 Å². The van der Waals surface area contributed by atoms with E-state index in [4.69, 9.17) is 24.0 Å². The van der Waals surface area contributed by atoms with Crippen LogP contribution < -0.4 is 0 Å². The molecule has 5 saturated carbocycles. The number of hydrogen-bond acceptors (Lipinski definition) is 5. The minimum absolute atomic E-state index is 0.204. The van der Waals surface area contributed by atoms with Crippen molar-refractivity contribution in [3.8, 4) is 0 Å². The summed E-state index contributed by atoms with van der Waals surface area (Å²) in [5.41, 5.74) is 0.0778. The van der Waals surface area contributed by atoms with Gasteiger partial charge in [-0.2, -0.15) is 0 Å². The molecule has 9 fully saturated rings.